The lowest BCUT2D eigenvalue weighted by atomic mass is 10.2. The molecule has 1 aliphatic heterocycles. The molecule has 23 heavy (non-hydrogen) atoms. The lowest BCUT2D eigenvalue weighted by molar-refractivity contribution is -0.149. The molecule has 0 saturated carbocycles. The standard InChI is InChI=1S/C16H22N2O5/c1-21-7-6-18-10-14(23-11-15(18)19)9-17-16(20)12-4-3-5-13(8-12)22-2/h3-5,8,14H,6-7,9-11H2,1-2H3,(H,17,20). The van der Waals surface area contributed by atoms with E-state index < -0.39 is 0 Å². The van der Waals surface area contributed by atoms with Gasteiger partial charge in [0.15, 0.2) is 0 Å². The molecule has 0 aromatic heterocycles. The monoisotopic (exact) mass is 322 g/mol. The number of morpholine rings is 1. The van der Waals surface area contributed by atoms with Crippen LogP contribution < -0.4 is 10.1 Å². The third-order valence-electron chi connectivity index (χ3n) is 3.61. The largest absolute Gasteiger partial charge is 0.497 e. The van der Waals surface area contributed by atoms with Crippen LogP contribution in [0.15, 0.2) is 24.3 Å². The second-order valence-corrected chi connectivity index (χ2v) is 5.21. The third kappa shape index (κ3) is 4.94. The van der Waals surface area contributed by atoms with Crippen LogP contribution in [0.25, 0.3) is 0 Å². The van der Waals surface area contributed by atoms with Crippen LogP contribution in [-0.2, 0) is 14.3 Å². The summed E-state index contributed by atoms with van der Waals surface area (Å²) in [6.45, 7) is 1.82. The number of amides is 2. The number of benzene rings is 1. The van der Waals surface area contributed by atoms with Gasteiger partial charge in [0, 0.05) is 32.3 Å². The highest BCUT2D eigenvalue weighted by atomic mass is 16.5. The third-order valence-corrected chi connectivity index (χ3v) is 3.61. The molecule has 7 nitrogen and oxygen atoms in total. The van der Waals surface area contributed by atoms with Gasteiger partial charge in [-0.25, -0.2) is 0 Å². The molecular formula is C16H22N2O5. The zero-order valence-electron chi connectivity index (χ0n) is 13.4. The second-order valence-electron chi connectivity index (χ2n) is 5.21. The number of ether oxygens (including phenoxy) is 3. The molecule has 1 aliphatic rings. The van der Waals surface area contributed by atoms with E-state index in [-0.39, 0.29) is 24.5 Å². The quantitative estimate of drug-likeness (QED) is 0.781. The van der Waals surface area contributed by atoms with E-state index in [9.17, 15) is 9.59 Å². The number of methoxy groups -OCH3 is 2. The number of carbonyl (C=O) groups excluding carboxylic acids is 2. The molecular weight excluding hydrogens is 300 g/mol. The molecule has 0 spiro atoms. The van der Waals surface area contributed by atoms with E-state index in [1.807, 2.05) is 0 Å². The maximum absolute atomic E-state index is 12.2. The van der Waals surface area contributed by atoms with Gasteiger partial charge in [0.25, 0.3) is 5.91 Å². The molecule has 0 aliphatic carbocycles. The summed E-state index contributed by atoms with van der Waals surface area (Å²) in [4.78, 5) is 25.6. The first-order valence-electron chi connectivity index (χ1n) is 7.44. The number of hydrogen-bond donors (Lipinski definition) is 1. The number of nitrogens with one attached hydrogen (secondary N) is 1. The lowest BCUT2D eigenvalue weighted by Crippen LogP contribution is -2.51. The molecule has 2 rings (SSSR count). The van der Waals surface area contributed by atoms with E-state index in [2.05, 4.69) is 5.32 Å². The minimum atomic E-state index is -0.223. The van der Waals surface area contributed by atoms with Crippen LogP contribution in [0, 0.1) is 0 Å². The Balaban J connectivity index is 1.84. The van der Waals surface area contributed by atoms with Crippen LogP contribution in [-0.4, -0.2) is 69.9 Å². The second kappa shape index (κ2) is 8.50. The Hall–Kier alpha value is -2.12. The highest BCUT2D eigenvalue weighted by Crippen LogP contribution is 2.12. The fraction of sp³-hybridized carbons (Fsp3) is 0.500. The Labute approximate surface area is 135 Å². The fourth-order valence-corrected chi connectivity index (χ4v) is 2.29. The maximum atomic E-state index is 12.2. The molecule has 1 N–H and O–H groups in total. The van der Waals surface area contributed by atoms with E-state index in [1.165, 1.54) is 0 Å². The molecule has 0 radical (unpaired) electrons. The van der Waals surface area contributed by atoms with Crippen LogP contribution >= 0.6 is 0 Å². The van der Waals surface area contributed by atoms with Crippen LogP contribution in [0.1, 0.15) is 10.4 Å². The summed E-state index contributed by atoms with van der Waals surface area (Å²) in [6, 6.07) is 6.93. The number of rotatable bonds is 7. The average Bonchev–Trinajstić information content (AvgIpc) is 2.59. The Kier molecular flexibility index (Phi) is 6.37. The zero-order chi connectivity index (χ0) is 16.7. The van der Waals surface area contributed by atoms with Gasteiger partial charge in [-0.1, -0.05) is 6.07 Å². The maximum Gasteiger partial charge on any atom is 0.251 e. The topological polar surface area (TPSA) is 77.1 Å². The van der Waals surface area contributed by atoms with Crippen molar-refractivity contribution < 1.29 is 23.8 Å². The fourth-order valence-electron chi connectivity index (χ4n) is 2.29. The molecule has 2 amide bonds. The van der Waals surface area contributed by atoms with Crippen LogP contribution in [0.3, 0.4) is 0 Å². The molecule has 1 aromatic rings. The Morgan fingerprint density at radius 2 is 2.26 bits per heavy atom. The summed E-state index contributed by atoms with van der Waals surface area (Å²) in [5.74, 6) is 0.369. The van der Waals surface area contributed by atoms with Crippen molar-refractivity contribution >= 4 is 11.8 Å². The van der Waals surface area contributed by atoms with Gasteiger partial charge in [0.05, 0.1) is 19.8 Å². The van der Waals surface area contributed by atoms with Gasteiger partial charge >= 0.3 is 0 Å². The summed E-state index contributed by atoms with van der Waals surface area (Å²) in [5.41, 5.74) is 0.521. The number of nitrogens with zero attached hydrogens (tertiary/aromatic N) is 1. The highest BCUT2D eigenvalue weighted by molar-refractivity contribution is 5.94. The summed E-state index contributed by atoms with van der Waals surface area (Å²) < 4.78 is 15.6. The minimum absolute atomic E-state index is 0.0312. The van der Waals surface area contributed by atoms with Gasteiger partial charge in [-0.15, -0.1) is 0 Å². The summed E-state index contributed by atoms with van der Waals surface area (Å²) >= 11 is 0. The van der Waals surface area contributed by atoms with Gasteiger partial charge in [-0.05, 0) is 18.2 Å². The molecule has 0 bridgehead atoms. The zero-order valence-corrected chi connectivity index (χ0v) is 13.4. The van der Waals surface area contributed by atoms with Crippen molar-refractivity contribution in [2.45, 2.75) is 6.10 Å². The Morgan fingerprint density at radius 3 is 3.00 bits per heavy atom. The smallest absolute Gasteiger partial charge is 0.251 e. The first-order chi connectivity index (χ1) is 11.1. The van der Waals surface area contributed by atoms with Gasteiger partial charge in [-0.3, -0.25) is 9.59 Å². The molecule has 126 valence electrons. The SMILES string of the molecule is COCCN1CC(CNC(=O)c2cccc(OC)c2)OCC1=O. The normalized spacial score (nSPS) is 17.9. The van der Waals surface area contributed by atoms with Crippen molar-refractivity contribution in [2.24, 2.45) is 0 Å². The van der Waals surface area contributed by atoms with Gasteiger partial charge < -0.3 is 24.4 Å². The van der Waals surface area contributed by atoms with E-state index in [4.69, 9.17) is 14.2 Å². The van der Waals surface area contributed by atoms with E-state index in [0.717, 1.165) is 0 Å². The van der Waals surface area contributed by atoms with Crippen molar-refractivity contribution in [3.8, 4) is 5.75 Å². The van der Waals surface area contributed by atoms with E-state index in [1.54, 1.807) is 43.4 Å². The summed E-state index contributed by atoms with van der Waals surface area (Å²) in [7, 11) is 3.15. The number of hydrogen-bond acceptors (Lipinski definition) is 5. The Bertz CT molecular complexity index is 549. The van der Waals surface area contributed by atoms with Crippen LogP contribution in [0.5, 0.6) is 5.75 Å². The first kappa shape index (κ1) is 17.2. The van der Waals surface area contributed by atoms with E-state index >= 15 is 0 Å². The van der Waals surface area contributed by atoms with E-state index in [0.29, 0.717) is 37.6 Å². The summed E-state index contributed by atoms with van der Waals surface area (Å²) in [6.07, 6.45) is -0.223. The van der Waals surface area contributed by atoms with Crippen LogP contribution in [0.4, 0.5) is 0 Å². The molecule has 1 unspecified atom stereocenters. The van der Waals surface area contributed by atoms with Gasteiger partial charge in [0.1, 0.15) is 12.4 Å². The highest BCUT2D eigenvalue weighted by Gasteiger charge is 2.26. The molecule has 1 saturated heterocycles. The first-order valence-corrected chi connectivity index (χ1v) is 7.44. The average molecular weight is 322 g/mol. The molecule has 1 fully saturated rings. The predicted molar refractivity (Wildman–Crippen MR) is 83.5 cm³/mol. The molecule has 1 heterocycles. The Morgan fingerprint density at radius 1 is 1.43 bits per heavy atom. The lowest BCUT2D eigenvalue weighted by Gasteiger charge is -2.32. The molecule has 1 aromatic carbocycles. The van der Waals surface area contributed by atoms with Crippen molar-refractivity contribution in [1.82, 2.24) is 10.2 Å². The summed E-state index contributed by atoms with van der Waals surface area (Å²) in [5, 5.41) is 2.82. The molecule has 1 atom stereocenters. The van der Waals surface area contributed by atoms with Crippen LogP contribution in [0.2, 0.25) is 0 Å². The predicted octanol–water partition coefficient (Wildman–Crippen LogP) is 0.299. The van der Waals surface area contributed by atoms with Crippen molar-refractivity contribution in [1.29, 1.82) is 0 Å². The van der Waals surface area contributed by atoms with Crippen molar-refractivity contribution in [3.63, 3.8) is 0 Å². The minimum Gasteiger partial charge on any atom is -0.497 e. The number of carbonyl (C=O) groups is 2. The van der Waals surface area contributed by atoms with Gasteiger partial charge in [0.2, 0.25) is 5.91 Å². The van der Waals surface area contributed by atoms with Crippen molar-refractivity contribution in [3.05, 3.63) is 29.8 Å². The van der Waals surface area contributed by atoms with Gasteiger partial charge in [-0.2, -0.15) is 0 Å². The van der Waals surface area contributed by atoms with Crippen molar-refractivity contribution in [2.75, 3.05) is 47.1 Å². The molecule has 7 heteroatoms.